The Labute approximate surface area is 139 Å². The van der Waals surface area contributed by atoms with Crippen LogP contribution >= 0.6 is 0 Å². The Balaban J connectivity index is 2.16. The molecular formula is C17H14FN3O2S. The minimum Gasteiger partial charge on any atom is -0.254 e. The molecule has 0 amide bonds. The fraction of sp³-hybridized carbons (Fsp3) is 0.0588. The molecule has 5 nitrogen and oxygen atoms in total. The highest BCUT2D eigenvalue weighted by Crippen LogP contribution is 2.30. The van der Waals surface area contributed by atoms with Gasteiger partial charge >= 0.3 is 0 Å². The van der Waals surface area contributed by atoms with Crippen molar-refractivity contribution in [2.45, 2.75) is 11.8 Å². The standard InChI is InChI=1S/C17H14FN3O2S/c1-11-4-2-6-15(21-11)17-13(5-3-9-20-17)12-7-8-16(14(18)10-12)24(19,22)23/h2-10H,1H3,(H2,19,22,23). The summed E-state index contributed by atoms with van der Waals surface area (Å²) in [7, 11) is -4.10. The Morgan fingerprint density at radius 1 is 1.08 bits per heavy atom. The molecule has 0 aliphatic carbocycles. The van der Waals surface area contributed by atoms with Gasteiger partial charge in [0.25, 0.3) is 0 Å². The number of rotatable bonds is 3. The van der Waals surface area contributed by atoms with Gasteiger partial charge in [-0.3, -0.25) is 9.97 Å². The molecule has 0 unspecified atom stereocenters. The maximum absolute atomic E-state index is 14.1. The van der Waals surface area contributed by atoms with Crippen molar-refractivity contribution >= 4 is 10.0 Å². The number of primary sulfonamides is 1. The smallest absolute Gasteiger partial charge is 0.240 e. The fourth-order valence-electron chi connectivity index (χ4n) is 2.42. The average molecular weight is 343 g/mol. The largest absolute Gasteiger partial charge is 0.254 e. The first kappa shape index (κ1) is 16.2. The van der Waals surface area contributed by atoms with Crippen molar-refractivity contribution in [3.05, 3.63) is 66.2 Å². The first-order chi connectivity index (χ1) is 11.4. The molecule has 1 aromatic carbocycles. The van der Waals surface area contributed by atoms with E-state index < -0.39 is 20.7 Å². The lowest BCUT2D eigenvalue weighted by atomic mass is 10.0. The molecule has 0 bridgehead atoms. The summed E-state index contributed by atoms with van der Waals surface area (Å²) >= 11 is 0. The summed E-state index contributed by atoms with van der Waals surface area (Å²) in [5, 5.41) is 4.99. The quantitative estimate of drug-likeness (QED) is 0.792. The van der Waals surface area contributed by atoms with Gasteiger partial charge in [0.05, 0.1) is 11.4 Å². The van der Waals surface area contributed by atoms with E-state index in [1.807, 2.05) is 25.1 Å². The van der Waals surface area contributed by atoms with Gasteiger partial charge in [0.2, 0.25) is 10.0 Å². The van der Waals surface area contributed by atoms with Crippen molar-refractivity contribution in [3.8, 4) is 22.5 Å². The molecule has 3 aromatic rings. The van der Waals surface area contributed by atoms with E-state index in [9.17, 15) is 12.8 Å². The molecule has 0 saturated heterocycles. The van der Waals surface area contributed by atoms with Crippen LogP contribution in [0.5, 0.6) is 0 Å². The zero-order chi connectivity index (χ0) is 17.3. The van der Waals surface area contributed by atoms with Crippen molar-refractivity contribution in [2.75, 3.05) is 0 Å². The molecule has 7 heteroatoms. The first-order valence-electron chi connectivity index (χ1n) is 7.08. The Hall–Kier alpha value is -2.64. The van der Waals surface area contributed by atoms with E-state index in [-0.39, 0.29) is 0 Å². The normalized spacial score (nSPS) is 11.5. The van der Waals surface area contributed by atoms with Crippen LogP contribution in [0.3, 0.4) is 0 Å². The fourth-order valence-corrected chi connectivity index (χ4v) is 3.00. The van der Waals surface area contributed by atoms with E-state index in [1.165, 1.54) is 6.07 Å². The Bertz CT molecular complexity index is 1020. The Morgan fingerprint density at radius 3 is 2.54 bits per heavy atom. The molecule has 3 rings (SSSR count). The summed E-state index contributed by atoms with van der Waals surface area (Å²) < 4.78 is 36.8. The van der Waals surface area contributed by atoms with Crippen LogP contribution < -0.4 is 5.14 Å². The average Bonchev–Trinajstić information content (AvgIpc) is 2.53. The summed E-state index contributed by atoms with van der Waals surface area (Å²) in [4.78, 5) is 8.24. The highest BCUT2D eigenvalue weighted by molar-refractivity contribution is 7.89. The maximum Gasteiger partial charge on any atom is 0.240 e. The number of pyridine rings is 2. The second-order valence-electron chi connectivity index (χ2n) is 5.25. The Kier molecular flexibility index (Phi) is 4.13. The van der Waals surface area contributed by atoms with Crippen molar-refractivity contribution in [2.24, 2.45) is 5.14 Å². The molecule has 0 atom stereocenters. The van der Waals surface area contributed by atoms with Crippen molar-refractivity contribution in [1.29, 1.82) is 0 Å². The van der Waals surface area contributed by atoms with E-state index in [0.29, 0.717) is 22.5 Å². The summed E-state index contributed by atoms with van der Waals surface area (Å²) in [6.45, 7) is 1.87. The molecular weight excluding hydrogens is 329 g/mol. The van der Waals surface area contributed by atoms with Gasteiger partial charge in [-0.15, -0.1) is 0 Å². The van der Waals surface area contributed by atoms with E-state index in [2.05, 4.69) is 9.97 Å². The minimum atomic E-state index is -4.10. The van der Waals surface area contributed by atoms with Crippen LogP contribution in [-0.2, 0) is 10.0 Å². The third-order valence-corrected chi connectivity index (χ3v) is 4.43. The third-order valence-electron chi connectivity index (χ3n) is 3.49. The molecule has 2 N–H and O–H groups in total. The lowest BCUT2D eigenvalue weighted by Crippen LogP contribution is -2.14. The first-order valence-corrected chi connectivity index (χ1v) is 8.62. The van der Waals surface area contributed by atoms with Crippen molar-refractivity contribution < 1.29 is 12.8 Å². The molecule has 2 aromatic heterocycles. The van der Waals surface area contributed by atoms with E-state index >= 15 is 0 Å². The van der Waals surface area contributed by atoms with Gasteiger partial charge in [-0.05, 0) is 42.8 Å². The monoisotopic (exact) mass is 343 g/mol. The second kappa shape index (κ2) is 6.10. The number of nitrogens with two attached hydrogens (primary N) is 1. The van der Waals surface area contributed by atoms with Gasteiger partial charge in [0.1, 0.15) is 10.7 Å². The molecule has 0 aliphatic heterocycles. The van der Waals surface area contributed by atoms with Gasteiger partial charge in [-0.2, -0.15) is 0 Å². The van der Waals surface area contributed by atoms with Crippen molar-refractivity contribution in [3.63, 3.8) is 0 Å². The number of sulfonamides is 1. The van der Waals surface area contributed by atoms with Crippen LogP contribution in [0.25, 0.3) is 22.5 Å². The topological polar surface area (TPSA) is 85.9 Å². The molecule has 0 fully saturated rings. The SMILES string of the molecule is Cc1cccc(-c2ncccc2-c2ccc(S(N)(=O)=O)c(F)c2)n1. The number of nitrogens with zero attached hydrogens (tertiary/aromatic N) is 2. The van der Waals surface area contributed by atoms with Crippen molar-refractivity contribution in [1.82, 2.24) is 9.97 Å². The van der Waals surface area contributed by atoms with Gasteiger partial charge in [0, 0.05) is 17.5 Å². The number of hydrogen-bond acceptors (Lipinski definition) is 4. The molecule has 0 spiro atoms. The van der Waals surface area contributed by atoms with E-state index in [0.717, 1.165) is 17.8 Å². The zero-order valence-electron chi connectivity index (χ0n) is 12.8. The maximum atomic E-state index is 14.1. The molecule has 2 heterocycles. The minimum absolute atomic E-state index is 0.492. The summed E-state index contributed by atoms with van der Waals surface area (Å²) in [5.74, 6) is -0.901. The van der Waals surface area contributed by atoms with Gasteiger partial charge in [-0.25, -0.2) is 17.9 Å². The number of aromatic nitrogens is 2. The van der Waals surface area contributed by atoms with Crippen LogP contribution in [0.1, 0.15) is 5.69 Å². The molecule has 0 radical (unpaired) electrons. The lowest BCUT2D eigenvalue weighted by Gasteiger charge is -2.10. The number of benzene rings is 1. The lowest BCUT2D eigenvalue weighted by molar-refractivity contribution is 0.568. The Morgan fingerprint density at radius 2 is 1.88 bits per heavy atom. The zero-order valence-corrected chi connectivity index (χ0v) is 13.6. The van der Waals surface area contributed by atoms with Gasteiger partial charge in [0.15, 0.2) is 0 Å². The van der Waals surface area contributed by atoms with E-state index in [4.69, 9.17) is 5.14 Å². The molecule has 0 aliphatic rings. The number of hydrogen-bond donors (Lipinski definition) is 1. The summed E-state index contributed by atoms with van der Waals surface area (Å²) in [6, 6.07) is 12.8. The van der Waals surface area contributed by atoms with Crippen LogP contribution in [0, 0.1) is 12.7 Å². The van der Waals surface area contributed by atoms with Gasteiger partial charge < -0.3 is 0 Å². The van der Waals surface area contributed by atoms with Gasteiger partial charge in [-0.1, -0.05) is 18.2 Å². The predicted octanol–water partition coefficient (Wildman–Crippen LogP) is 2.91. The predicted molar refractivity (Wildman–Crippen MR) is 89.0 cm³/mol. The molecule has 122 valence electrons. The van der Waals surface area contributed by atoms with Crippen LogP contribution in [0.15, 0.2) is 59.6 Å². The van der Waals surface area contributed by atoms with Crippen LogP contribution in [-0.4, -0.2) is 18.4 Å². The van der Waals surface area contributed by atoms with Crippen LogP contribution in [0.2, 0.25) is 0 Å². The molecule has 0 saturated carbocycles. The summed E-state index contributed by atoms with van der Waals surface area (Å²) in [6.07, 6.45) is 1.62. The molecule has 24 heavy (non-hydrogen) atoms. The second-order valence-corrected chi connectivity index (χ2v) is 6.78. The number of aryl methyl sites for hydroxylation is 1. The van der Waals surface area contributed by atoms with E-state index in [1.54, 1.807) is 18.3 Å². The third kappa shape index (κ3) is 3.17. The number of halogens is 1. The van der Waals surface area contributed by atoms with Crippen LogP contribution in [0.4, 0.5) is 4.39 Å². The highest BCUT2D eigenvalue weighted by Gasteiger charge is 2.17. The highest BCUT2D eigenvalue weighted by atomic mass is 32.2. The summed E-state index contributed by atoms with van der Waals surface area (Å²) in [5.41, 5.74) is 3.21.